The highest BCUT2D eigenvalue weighted by Gasteiger charge is 2.47. The lowest BCUT2D eigenvalue weighted by Gasteiger charge is -2.38. The Hall–Kier alpha value is -1.85. The maximum atomic E-state index is 13.2. The van der Waals surface area contributed by atoms with Crippen LogP contribution in [0.25, 0.3) is 0 Å². The van der Waals surface area contributed by atoms with Gasteiger partial charge in [-0.1, -0.05) is 12.1 Å². The number of piperidine rings is 1. The second-order valence-corrected chi connectivity index (χ2v) is 8.96. The lowest BCUT2D eigenvalue weighted by molar-refractivity contribution is -0.138. The van der Waals surface area contributed by atoms with E-state index in [2.05, 4.69) is 38.8 Å². The fourth-order valence-corrected chi connectivity index (χ4v) is 5.31. The van der Waals surface area contributed by atoms with Gasteiger partial charge in [-0.3, -0.25) is 4.79 Å². The van der Waals surface area contributed by atoms with Crippen LogP contribution in [0.4, 0.5) is 0 Å². The fraction of sp³-hybridized carbons (Fsp3) is 0.522. The minimum absolute atomic E-state index is 0.101. The summed E-state index contributed by atoms with van der Waals surface area (Å²) in [5, 5.41) is 4.41. The number of rotatable bonds is 7. The van der Waals surface area contributed by atoms with Crippen LogP contribution in [0.1, 0.15) is 36.8 Å². The van der Waals surface area contributed by atoms with Gasteiger partial charge >= 0.3 is 0 Å². The van der Waals surface area contributed by atoms with Crippen LogP contribution in [0, 0.1) is 5.41 Å². The predicted molar refractivity (Wildman–Crippen MR) is 114 cm³/mol. The topological polar surface area (TPSA) is 32.8 Å². The van der Waals surface area contributed by atoms with E-state index in [1.165, 1.54) is 24.0 Å². The number of carbonyl (C=O) groups excluding carboxylic acids is 1. The normalized spacial score (nSPS) is 19.5. The number of amides is 1. The molecule has 0 aliphatic carbocycles. The molecule has 4 nitrogen and oxygen atoms in total. The zero-order valence-electron chi connectivity index (χ0n) is 16.7. The van der Waals surface area contributed by atoms with Crippen molar-refractivity contribution in [3.8, 4) is 5.75 Å². The van der Waals surface area contributed by atoms with Gasteiger partial charge in [0.1, 0.15) is 5.75 Å². The van der Waals surface area contributed by atoms with Crippen molar-refractivity contribution >= 4 is 17.2 Å². The summed E-state index contributed by atoms with van der Waals surface area (Å²) in [6.45, 7) is 4.88. The van der Waals surface area contributed by atoms with Crippen LogP contribution in [-0.2, 0) is 17.8 Å². The van der Waals surface area contributed by atoms with Gasteiger partial charge in [-0.25, -0.2) is 0 Å². The van der Waals surface area contributed by atoms with Gasteiger partial charge in [0.15, 0.2) is 0 Å². The molecule has 1 aromatic heterocycles. The first-order chi connectivity index (χ1) is 13.7. The summed E-state index contributed by atoms with van der Waals surface area (Å²) in [5.41, 5.74) is 2.53. The van der Waals surface area contributed by atoms with E-state index >= 15 is 0 Å². The number of hydrogen-bond acceptors (Lipinski definition) is 4. The molecule has 0 bridgehead atoms. The molecule has 1 spiro atoms. The van der Waals surface area contributed by atoms with Gasteiger partial charge < -0.3 is 14.5 Å². The molecule has 0 unspecified atom stereocenters. The summed E-state index contributed by atoms with van der Waals surface area (Å²) in [4.78, 5) is 17.8. The molecule has 3 heterocycles. The Kier molecular flexibility index (Phi) is 6.02. The van der Waals surface area contributed by atoms with E-state index in [4.69, 9.17) is 4.74 Å². The van der Waals surface area contributed by atoms with Crippen LogP contribution in [0.3, 0.4) is 0 Å². The molecule has 0 atom stereocenters. The number of ether oxygens (including phenoxy) is 1. The van der Waals surface area contributed by atoms with E-state index in [9.17, 15) is 4.79 Å². The summed E-state index contributed by atoms with van der Waals surface area (Å²) in [6, 6.07) is 10.3. The number of carbonyl (C=O) groups is 1. The Morgan fingerprint density at radius 1 is 1.04 bits per heavy atom. The maximum absolute atomic E-state index is 13.2. The van der Waals surface area contributed by atoms with Crippen molar-refractivity contribution in [3.63, 3.8) is 0 Å². The van der Waals surface area contributed by atoms with Crippen LogP contribution < -0.4 is 4.74 Å². The Bertz CT molecular complexity index is 764. The summed E-state index contributed by atoms with van der Waals surface area (Å²) in [5.74, 6) is 1.24. The molecule has 1 aromatic carbocycles. The number of likely N-dealkylation sites (tertiary alicyclic amines) is 2. The molecule has 2 fully saturated rings. The van der Waals surface area contributed by atoms with Gasteiger partial charge in [0.2, 0.25) is 5.91 Å². The zero-order chi connectivity index (χ0) is 19.4. The Morgan fingerprint density at radius 3 is 2.46 bits per heavy atom. The minimum atomic E-state index is -0.101. The smallest absolute Gasteiger partial charge is 0.229 e. The highest BCUT2D eigenvalue weighted by atomic mass is 32.1. The van der Waals surface area contributed by atoms with E-state index in [1.54, 1.807) is 18.4 Å². The third-order valence-electron chi connectivity index (χ3n) is 6.47. The standard InChI is InChI=1S/C23H30N2O2S/c1-27-21-6-4-19(5-7-21)17-25-15-11-23(22(25)26)9-13-24(14-10-23)12-2-3-20-8-16-28-18-20/h4-8,16,18H,2-3,9-15,17H2,1H3. The maximum Gasteiger partial charge on any atom is 0.229 e. The average Bonchev–Trinajstić information content (AvgIpc) is 3.35. The molecule has 0 N–H and O–H groups in total. The monoisotopic (exact) mass is 398 g/mol. The van der Waals surface area contributed by atoms with Crippen molar-refractivity contribution in [2.75, 3.05) is 33.3 Å². The molecule has 4 rings (SSSR count). The largest absolute Gasteiger partial charge is 0.497 e. The number of benzene rings is 1. The van der Waals surface area contributed by atoms with Crippen LogP contribution in [0.15, 0.2) is 41.1 Å². The SMILES string of the molecule is COc1ccc(CN2CCC3(CCN(CCCc4ccsc4)CC3)C2=O)cc1. The highest BCUT2D eigenvalue weighted by Crippen LogP contribution is 2.42. The van der Waals surface area contributed by atoms with Crippen LogP contribution in [0.5, 0.6) is 5.75 Å². The first-order valence-electron chi connectivity index (χ1n) is 10.3. The molecule has 2 aliphatic heterocycles. The Balaban J connectivity index is 1.26. The van der Waals surface area contributed by atoms with Gasteiger partial charge in [-0.05, 0) is 91.8 Å². The van der Waals surface area contributed by atoms with Crippen molar-refractivity contribution in [2.45, 2.75) is 38.6 Å². The molecule has 0 radical (unpaired) electrons. The number of nitrogens with zero attached hydrogens (tertiary/aromatic N) is 2. The lowest BCUT2D eigenvalue weighted by atomic mass is 9.77. The van der Waals surface area contributed by atoms with E-state index in [0.717, 1.165) is 57.7 Å². The van der Waals surface area contributed by atoms with Gasteiger partial charge in [0.25, 0.3) is 0 Å². The first kappa shape index (κ1) is 19.5. The van der Waals surface area contributed by atoms with Gasteiger partial charge in [0.05, 0.1) is 12.5 Å². The summed E-state index contributed by atoms with van der Waals surface area (Å²) in [6.07, 6.45) is 5.43. The Morgan fingerprint density at radius 2 is 1.79 bits per heavy atom. The third-order valence-corrected chi connectivity index (χ3v) is 7.20. The van der Waals surface area contributed by atoms with Crippen LogP contribution in [-0.4, -0.2) is 49.0 Å². The van der Waals surface area contributed by atoms with E-state index in [0.29, 0.717) is 5.91 Å². The minimum Gasteiger partial charge on any atom is -0.497 e. The van der Waals surface area contributed by atoms with Crippen molar-refractivity contribution < 1.29 is 9.53 Å². The van der Waals surface area contributed by atoms with Crippen molar-refractivity contribution in [1.82, 2.24) is 9.80 Å². The van der Waals surface area contributed by atoms with Gasteiger partial charge in [-0.15, -0.1) is 0 Å². The second-order valence-electron chi connectivity index (χ2n) is 8.18. The summed E-state index contributed by atoms with van der Waals surface area (Å²) >= 11 is 1.78. The highest BCUT2D eigenvalue weighted by molar-refractivity contribution is 7.07. The van der Waals surface area contributed by atoms with E-state index in [-0.39, 0.29) is 5.41 Å². The van der Waals surface area contributed by atoms with Gasteiger partial charge in [0, 0.05) is 13.1 Å². The average molecular weight is 399 g/mol. The first-order valence-corrected chi connectivity index (χ1v) is 11.3. The van der Waals surface area contributed by atoms with Crippen LogP contribution in [0.2, 0.25) is 0 Å². The predicted octanol–water partition coefficient (Wildman–Crippen LogP) is 4.20. The number of aryl methyl sites for hydroxylation is 1. The summed E-state index contributed by atoms with van der Waals surface area (Å²) < 4.78 is 5.22. The van der Waals surface area contributed by atoms with Gasteiger partial charge in [-0.2, -0.15) is 11.3 Å². The molecule has 5 heteroatoms. The van der Waals surface area contributed by atoms with E-state index in [1.807, 2.05) is 12.1 Å². The lowest BCUT2D eigenvalue weighted by Crippen LogP contribution is -2.44. The molecule has 2 saturated heterocycles. The molecule has 2 aromatic rings. The molecular weight excluding hydrogens is 368 g/mol. The Labute approximate surface area is 172 Å². The quantitative estimate of drug-likeness (QED) is 0.701. The molecule has 2 aliphatic rings. The number of methoxy groups -OCH3 is 1. The molecule has 0 saturated carbocycles. The molecular formula is C23H30N2O2S. The van der Waals surface area contributed by atoms with Crippen molar-refractivity contribution in [3.05, 3.63) is 52.2 Å². The third kappa shape index (κ3) is 4.26. The fourth-order valence-electron chi connectivity index (χ4n) is 4.61. The van der Waals surface area contributed by atoms with Crippen molar-refractivity contribution in [1.29, 1.82) is 0 Å². The second kappa shape index (κ2) is 8.66. The summed E-state index contributed by atoms with van der Waals surface area (Å²) in [7, 11) is 1.68. The number of thiophene rings is 1. The molecule has 1 amide bonds. The number of hydrogen-bond donors (Lipinski definition) is 0. The molecule has 28 heavy (non-hydrogen) atoms. The zero-order valence-corrected chi connectivity index (χ0v) is 17.5. The van der Waals surface area contributed by atoms with Crippen molar-refractivity contribution in [2.24, 2.45) is 5.41 Å². The van der Waals surface area contributed by atoms with E-state index < -0.39 is 0 Å². The molecule has 150 valence electrons. The van der Waals surface area contributed by atoms with Crippen LogP contribution >= 0.6 is 11.3 Å².